The highest BCUT2D eigenvalue weighted by Crippen LogP contribution is 2.15. The number of carbonyl (C=O) groups is 1. The highest BCUT2D eigenvalue weighted by Gasteiger charge is 2.26. The van der Waals surface area contributed by atoms with Crippen molar-refractivity contribution in [2.45, 2.75) is 32.4 Å². The molecule has 0 radical (unpaired) electrons. The Morgan fingerprint density at radius 2 is 2.28 bits per heavy atom. The predicted octanol–water partition coefficient (Wildman–Crippen LogP) is 0.0673. The van der Waals surface area contributed by atoms with Crippen LogP contribution in [0.1, 0.15) is 20.3 Å². The Morgan fingerprint density at radius 3 is 2.89 bits per heavy atom. The van der Waals surface area contributed by atoms with E-state index < -0.39 is 0 Å². The van der Waals surface area contributed by atoms with Gasteiger partial charge in [-0.1, -0.05) is 6.92 Å². The maximum absolute atomic E-state index is 11.8. The van der Waals surface area contributed by atoms with Gasteiger partial charge in [-0.3, -0.25) is 4.79 Å². The SMILES string of the molecule is COCCNC(=O)C(C)NC1CCN(C)CC1C. The van der Waals surface area contributed by atoms with Gasteiger partial charge in [0.05, 0.1) is 12.6 Å². The van der Waals surface area contributed by atoms with Crippen molar-refractivity contribution in [2.24, 2.45) is 5.92 Å². The minimum Gasteiger partial charge on any atom is -0.383 e. The summed E-state index contributed by atoms with van der Waals surface area (Å²) in [7, 11) is 3.78. The number of nitrogens with zero attached hydrogens (tertiary/aromatic N) is 1. The van der Waals surface area contributed by atoms with E-state index in [-0.39, 0.29) is 11.9 Å². The van der Waals surface area contributed by atoms with Gasteiger partial charge in [-0.15, -0.1) is 0 Å². The molecule has 5 nitrogen and oxygen atoms in total. The number of carbonyl (C=O) groups excluding carboxylic acids is 1. The fraction of sp³-hybridized carbons (Fsp3) is 0.923. The monoisotopic (exact) mass is 257 g/mol. The zero-order valence-corrected chi connectivity index (χ0v) is 12.0. The van der Waals surface area contributed by atoms with Crippen LogP contribution in [0, 0.1) is 5.92 Å². The Bertz CT molecular complexity index is 261. The molecule has 0 spiro atoms. The maximum Gasteiger partial charge on any atom is 0.236 e. The lowest BCUT2D eigenvalue weighted by molar-refractivity contribution is -0.123. The molecule has 3 unspecified atom stereocenters. The molecule has 0 aromatic heterocycles. The van der Waals surface area contributed by atoms with Gasteiger partial charge in [-0.25, -0.2) is 0 Å². The van der Waals surface area contributed by atoms with E-state index >= 15 is 0 Å². The third-order valence-electron chi connectivity index (χ3n) is 3.57. The summed E-state index contributed by atoms with van der Waals surface area (Å²) in [4.78, 5) is 14.2. The second-order valence-electron chi connectivity index (χ2n) is 5.31. The van der Waals surface area contributed by atoms with E-state index in [1.54, 1.807) is 7.11 Å². The molecule has 1 aliphatic heterocycles. The number of hydrogen-bond acceptors (Lipinski definition) is 4. The Balaban J connectivity index is 2.30. The standard InChI is InChI=1S/C13H27N3O2/c1-10-9-16(3)7-5-12(10)15-11(2)13(17)14-6-8-18-4/h10-12,15H,5-9H2,1-4H3,(H,14,17). The van der Waals surface area contributed by atoms with Crippen LogP contribution in [0.15, 0.2) is 0 Å². The van der Waals surface area contributed by atoms with E-state index in [4.69, 9.17) is 4.74 Å². The molecule has 18 heavy (non-hydrogen) atoms. The third kappa shape index (κ3) is 4.92. The van der Waals surface area contributed by atoms with Crippen LogP contribution in [0.25, 0.3) is 0 Å². The van der Waals surface area contributed by atoms with Crippen LogP contribution in [-0.2, 0) is 9.53 Å². The van der Waals surface area contributed by atoms with Gasteiger partial charge in [0.25, 0.3) is 0 Å². The minimum absolute atomic E-state index is 0.0539. The van der Waals surface area contributed by atoms with E-state index in [1.165, 1.54) is 0 Å². The predicted molar refractivity (Wildman–Crippen MR) is 72.5 cm³/mol. The summed E-state index contributed by atoms with van der Waals surface area (Å²) in [6.07, 6.45) is 1.10. The number of amides is 1. The van der Waals surface area contributed by atoms with Crippen molar-refractivity contribution in [3.05, 3.63) is 0 Å². The summed E-state index contributed by atoms with van der Waals surface area (Å²) in [6, 6.07) is 0.294. The molecular formula is C13H27N3O2. The molecule has 1 saturated heterocycles. The van der Waals surface area contributed by atoms with Gasteiger partial charge in [0.1, 0.15) is 0 Å². The summed E-state index contributed by atoms with van der Waals surface area (Å²) in [5.74, 6) is 0.635. The molecule has 5 heteroatoms. The van der Waals surface area contributed by atoms with Gasteiger partial charge in [-0.05, 0) is 32.9 Å². The zero-order chi connectivity index (χ0) is 13.5. The molecule has 1 fully saturated rings. The molecule has 3 atom stereocenters. The van der Waals surface area contributed by atoms with Crippen molar-refractivity contribution in [3.63, 3.8) is 0 Å². The van der Waals surface area contributed by atoms with E-state index in [9.17, 15) is 4.79 Å². The van der Waals surface area contributed by atoms with Crippen molar-refractivity contribution in [1.82, 2.24) is 15.5 Å². The van der Waals surface area contributed by atoms with Crippen molar-refractivity contribution in [1.29, 1.82) is 0 Å². The summed E-state index contributed by atoms with van der Waals surface area (Å²) in [5.41, 5.74) is 0. The summed E-state index contributed by atoms with van der Waals surface area (Å²) in [6.45, 7) is 7.49. The lowest BCUT2D eigenvalue weighted by atomic mass is 9.93. The van der Waals surface area contributed by atoms with Crippen LogP contribution >= 0.6 is 0 Å². The van der Waals surface area contributed by atoms with Crippen molar-refractivity contribution in [3.8, 4) is 0 Å². The first-order valence-corrected chi connectivity index (χ1v) is 6.75. The fourth-order valence-corrected chi connectivity index (χ4v) is 2.43. The van der Waals surface area contributed by atoms with E-state index in [1.807, 2.05) is 6.92 Å². The molecule has 0 aliphatic carbocycles. The van der Waals surface area contributed by atoms with Crippen molar-refractivity contribution >= 4 is 5.91 Å². The van der Waals surface area contributed by atoms with Crippen LogP contribution in [0.5, 0.6) is 0 Å². The quantitative estimate of drug-likeness (QED) is 0.661. The number of hydrogen-bond donors (Lipinski definition) is 2. The van der Waals surface area contributed by atoms with Crippen molar-refractivity contribution < 1.29 is 9.53 Å². The molecule has 1 heterocycles. The first-order chi connectivity index (χ1) is 8.54. The van der Waals surface area contributed by atoms with Crippen LogP contribution in [0.3, 0.4) is 0 Å². The van der Waals surface area contributed by atoms with Crippen LogP contribution in [0.4, 0.5) is 0 Å². The second-order valence-corrected chi connectivity index (χ2v) is 5.31. The fourth-order valence-electron chi connectivity index (χ4n) is 2.43. The van der Waals surface area contributed by atoms with Gasteiger partial charge in [-0.2, -0.15) is 0 Å². The highest BCUT2D eigenvalue weighted by molar-refractivity contribution is 5.81. The number of methoxy groups -OCH3 is 1. The topological polar surface area (TPSA) is 53.6 Å². The molecular weight excluding hydrogens is 230 g/mol. The Hall–Kier alpha value is -0.650. The summed E-state index contributed by atoms with van der Waals surface area (Å²) in [5, 5.41) is 6.30. The molecule has 0 aromatic carbocycles. The summed E-state index contributed by atoms with van der Waals surface area (Å²) < 4.78 is 4.91. The highest BCUT2D eigenvalue weighted by atomic mass is 16.5. The molecule has 106 valence electrons. The lowest BCUT2D eigenvalue weighted by Gasteiger charge is -2.36. The van der Waals surface area contributed by atoms with Crippen molar-refractivity contribution in [2.75, 3.05) is 40.4 Å². The molecule has 0 aromatic rings. The number of ether oxygens (including phenoxy) is 1. The van der Waals surface area contributed by atoms with E-state index in [0.29, 0.717) is 25.1 Å². The van der Waals surface area contributed by atoms with Gasteiger partial charge in [0, 0.05) is 26.2 Å². The maximum atomic E-state index is 11.8. The van der Waals surface area contributed by atoms with Gasteiger partial charge in [0.2, 0.25) is 5.91 Å². The Kier molecular flexibility index (Phi) is 6.60. The number of nitrogens with one attached hydrogen (secondary N) is 2. The summed E-state index contributed by atoms with van der Waals surface area (Å²) >= 11 is 0. The van der Waals surface area contributed by atoms with Gasteiger partial charge >= 0.3 is 0 Å². The smallest absolute Gasteiger partial charge is 0.236 e. The molecule has 0 bridgehead atoms. The van der Waals surface area contributed by atoms with Crippen LogP contribution in [0.2, 0.25) is 0 Å². The lowest BCUT2D eigenvalue weighted by Crippen LogP contribution is -2.53. The molecule has 2 N–H and O–H groups in total. The average molecular weight is 257 g/mol. The minimum atomic E-state index is -0.141. The molecule has 0 saturated carbocycles. The van der Waals surface area contributed by atoms with Gasteiger partial charge < -0.3 is 20.3 Å². The van der Waals surface area contributed by atoms with E-state index in [2.05, 4.69) is 29.5 Å². The molecule has 1 amide bonds. The second kappa shape index (κ2) is 7.71. The normalized spacial score (nSPS) is 26.9. The first kappa shape index (κ1) is 15.4. The van der Waals surface area contributed by atoms with Crippen LogP contribution < -0.4 is 10.6 Å². The zero-order valence-electron chi connectivity index (χ0n) is 12.0. The number of rotatable bonds is 6. The third-order valence-corrected chi connectivity index (χ3v) is 3.57. The Labute approximate surface area is 110 Å². The largest absolute Gasteiger partial charge is 0.383 e. The first-order valence-electron chi connectivity index (χ1n) is 6.75. The molecule has 1 aliphatic rings. The van der Waals surface area contributed by atoms with Crippen LogP contribution in [-0.4, -0.2) is 63.3 Å². The van der Waals surface area contributed by atoms with E-state index in [0.717, 1.165) is 19.5 Å². The average Bonchev–Trinajstić information content (AvgIpc) is 2.32. The number of likely N-dealkylation sites (tertiary alicyclic amines) is 1. The van der Waals surface area contributed by atoms with Gasteiger partial charge in [0.15, 0.2) is 0 Å². The number of piperidine rings is 1. The molecule has 1 rings (SSSR count). The Morgan fingerprint density at radius 1 is 1.56 bits per heavy atom.